The number of hydrogen-bond acceptors (Lipinski definition) is 11. The molecule has 0 heterocycles. The van der Waals surface area contributed by atoms with Gasteiger partial charge in [0.1, 0.15) is 23.9 Å². The van der Waals surface area contributed by atoms with E-state index in [0.717, 1.165) is 83.5 Å². The second-order valence-corrected chi connectivity index (χ2v) is 17.2. The molecule has 0 radical (unpaired) electrons. The van der Waals surface area contributed by atoms with Gasteiger partial charge in [-0.15, -0.1) is 0 Å². The summed E-state index contributed by atoms with van der Waals surface area (Å²) < 4.78 is 21.1. The van der Waals surface area contributed by atoms with E-state index in [9.17, 15) is 34.5 Å². The molecule has 0 aliphatic heterocycles. The van der Waals surface area contributed by atoms with Crippen molar-refractivity contribution in [3.63, 3.8) is 0 Å². The van der Waals surface area contributed by atoms with E-state index in [2.05, 4.69) is 26.3 Å². The molecule has 4 bridgehead atoms. The van der Waals surface area contributed by atoms with Gasteiger partial charge in [0.05, 0.1) is 17.8 Å². The average molecular weight is 773 g/mol. The molecule has 7 rings (SSSR count). The van der Waals surface area contributed by atoms with E-state index < -0.39 is 23.3 Å². The third-order valence-electron chi connectivity index (χ3n) is 11.3. The van der Waals surface area contributed by atoms with Gasteiger partial charge in [-0.1, -0.05) is 39.2 Å². The highest BCUT2D eigenvalue weighted by molar-refractivity contribution is 5.88. The maximum Gasteiger partial charge on any atom is 0.333 e. The van der Waals surface area contributed by atoms with Crippen LogP contribution in [-0.4, -0.2) is 80.9 Å². The Morgan fingerprint density at radius 1 is 0.545 bits per heavy atom. The molecule has 310 valence electrons. The minimum atomic E-state index is -0.570. The normalized spacial score (nSPS) is 31.9. The highest BCUT2D eigenvalue weighted by Crippen LogP contribution is 2.59. The monoisotopic (exact) mass is 772 g/mol. The van der Waals surface area contributed by atoms with E-state index in [1.54, 1.807) is 27.7 Å². The molecule has 0 aromatic rings. The molecule has 11 nitrogen and oxygen atoms in total. The molecule has 7 aliphatic carbocycles. The molecule has 7 saturated carbocycles. The standard InChI is InChI=1S/C14H20O3.2C10H16O3.C10H16O2/c1-9(2)12(15)17-14-6-10-3-11(7-14)5-13(16,4-10)8-14;1-7(2)10(12)13-9-5-3-4-8(11)6-9;1-7(2)10(12)13-9-6-4-3-5-8(9)11;1-8(2)10(11)12-9-6-4-3-5-7-9/h10-11,16H,1,3-8H2,2H3;2*8-9,11H,1,3-6H2,2H3;9H,1,3-7H2,2H3. The zero-order valence-corrected chi connectivity index (χ0v) is 33.9. The van der Waals surface area contributed by atoms with E-state index in [1.165, 1.54) is 25.7 Å². The van der Waals surface area contributed by atoms with Crippen molar-refractivity contribution in [2.75, 3.05) is 0 Å². The second-order valence-electron chi connectivity index (χ2n) is 17.2. The number of carbonyl (C=O) groups is 4. The highest BCUT2D eigenvalue weighted by atomic mass is 16.6. The molecular weight excluding hydrogens is 704 g/mol. The summed E-state index contributed by atoms with van der Waals surface area (Å²) in [5, 5.41) is 29.3. The lowest BCUT2D eigenvalue weighted by Crippen LogP contribution is -2.60. The molecule has 0 aromatic heterocycles. The van der Waals surface area contributed by atoms with Gasteiger partial charge in [0.15, 0.2) is 0 Å². The van der Waals surface area contributed by atoms with Gasteiger partial charge in [0, 0.05) is 35.1 Å². The molecule has 11 heteroatoms. The smallest absolute Gasteiger partial charge is 0.333 e. The summed E-state index contributed by atoms with van der Waals surface area (Å²) in [5.41, 5.74) is 0.792. The number of carbonyl (C=O) groups excluding carboxylic acids is 4. The lowest BCUT2D eigenvalue weighted by Gasteiger charge is -2.59. The lowest BCUT2D eigenvalue weighted by molar-refractivity contribution is -0.217. The molecule has 6 unspecified atom stereocenters. The van der Waals surface area contributed by atoms with Crippen molar-refractivity contribution >= 4 is 23.9 Å². The zero-order valence-electron chi connectivity index (χ0n) is 33.9. The summed E-state index contributed by atoms with van der Waals surface area (Å²) in [4.78, 5) is 45.1. The quantitative estimate of drug-likeness (QED) is 0.128. The van der Waals surface area contributed by atoms with Gasteiger partial charge in [0.25, 0.3) is 0 Å². The Hall–Kier alpha value is -3.28. The first kappa shape index (κ1) is 46.1. The van der Waals surface area contributed by atoms with Gasteiger partial charge in [-0.05, 0) is 136 Å². The zero-order chi connectivity index (χ0) is 40.9. The van der Waals surface area contributed by atoms with E-state index in [1.807, 2.05) is 0 Å². The van der Waals surface area contributed by atoms with Crippen molar-refractivity contribution in [3.8, 4) is 0 Å². The predicted octanol–water partition coefficient (Wildman–Crippen LogP) is 7.45. The van der Waals surface area contributed by atoms with Gasteiger partial charge >= 0.3 is 23.9 Å². The van der Waals surface area contributed by atoms with Crippen molar-refractivity contribution in [1.29, 1.82) is 0 Å². The van der Waals surface area contributed by atoms with E-state index in [0.29, 0.717) is 47.0 Å². The van der Waals surface area contributed by atoms with Crippen molar-refractivity contribution in [3.05, 3.63) is 48.6 Å². The predicted molar refractivity (Wildman–Crippen MR) is 209 cm³/mol. The average Bonchev–Trinajstić information content (AvgIpc) is 3.09. The summed E-state index contributed by atoms with van der Waals surface area (Å²) in [5.74, 6) is -0.194. The SMILES string of the molecule is C=C(C)C(=O)OC12CC3CC(CC(O)(C3)C1)C2.C=C(C)C(=O)OC1CCCC(O)C1.C=C(C)C(=O)OC1CCCCC1.C=C(C)C(=O)OC1CCCCC1O. The van der Waals surface area contributed by atoms with Crippen molar-refractivity contribution in [2.45, 2.75) is 191 Å². The number of hydrogen-bond donors (Lipinski definition) is 3. The van der Waals surface area contributed by atoms with E-state index >= 15 is 0 Å². The summed E-state index contributed by atoms with van der Waals surface area (Å²) in [6.45, 7) is 20.8. The van der Waals surface area contributed by atoms with Crippen molar-refractivity contribution in [2.24, 2.45) is 11.8 Å². The van der Waals surface area contributed by atoms with Gasteiger partial charge in [-0.2, -0.15) is 0 Å². The number of esters is 4. The number of rotatable bonds is 8. The van der Waals surface area contributed by atoms with E-state index in [4.69, 9.17) is 18.9 Å². The van der Waals surface area contributed by atoms with Crippen molar-refractivity contribution < 1.29 is 53.4 Å². The first-order valence-electron chi connectivity index (χ1n) is 20.4. The van der Waals surface area contributed by atoms with Gasteiger partial charge < -0.3 is 34.3 Å². The van der Waals surface area contributed by atoms with E-state index in [-0.39, 0.29) is 42.3 Å². The lowest BCUT2D eigenvalue weighted by atomic mass is 9.52. The van der Waals surface area contributed by atoms with Crippen LogP contribution in [-0.2, 0) is 38.1 Å². The Labute approximate surface area is 328 Å². The summed E-state index contributed by atoms with van der Waals surface area (Å²) in [6, 6.07) is 0. The number of aliphatic hydroxyl groups is 3. The summed E-state index contributed by atoms with van der Waals surface area (Å²) in [7, 11) is 0. The number of aliphatic hydroxyl groups excluding tert-OH is 2. The maximum absolute atomic E-state index is 11.7. The van der Waals surface area contributed by atoms with Crippen LogP contribution in [0.25, 0.3) is 0 Å². The molecule has 3 N–H and O–H groups in total. The Balaban J connectivity index is 0.000000199. The summed E-state index contributed by atoms with van der Waals surface area (Å²) >= 11 is 0. The fraction of sp³-hybridized carbons (Fsp3) is 0.727. The van der Waals surface area contributed by atoms with Gasteiger partial charge in [-0.3, -0.25) is 0 Å². The second kappa shape index (κ2) is 21.3. The molecular formula is C44H68O11. The van der Waals surface area contributed by atoms with Crippen LogP contribution in [0.1, 0.15) is 150 Å². The van der Waals surface area contributed by atoms with Crippen LogP contribution in [0, 0.1) is 11.8 Å². The fourth-order valence-electron chi connectivity index (χ4n) is 8.90. The topological polar surface area (TPSA) is 166 Å². The molecule has 7 fully saturated rings. The third-order valence-corrected chi connectivity index (χ3v) is 11.3. The van der Waals surface area contributed by atoms with Crippen LogP contribution in [0.2, 0.25) is 0 Å². The van der Waals surface area contributed by atoms with Crippen molar-refractivity contribution in [1.82, 2.24) is 0 Å². The molecule has 0 amide bonds. The Morgan fingerprint density at radius 2 is 1.02 bits per heavy atom. The van der Waals surface area contributed by atoms with Crippen LogP contribution < -0.4 is 0 Å². The summed E-state index contributed by atoms with van der Waals surface area (Å²) in [6.07, 6.45) is 16.8. The molecule has 0 aromatic carbocycles. The van der Waals surface area contributed by atoms with Crippen LogP contribution in [0.5, 0.6) is 0 Å². The Morgan fingerprint density at radius 3 is 1.51 bits per heavy atom. The fourth-order valence-corrected chi connectivity index (χ4v) is 8.90. The molecule has 0 spiro atoms. The molecule has 6 atom stereocenters. The minimum absolute atomic E-state index is 0.118. The number of ether oxygens (including phenoxy) is 4. The molecule has 0 saturated heterocycles. The first-order valence-corrected chi connectivity index (χ1v) is 20.4. The first-order chi connectivity index (χ1) is 25.8. The largest absolute Gasteiger partial charge is 0.459 e. The van der Waals surface area contributed by atoms with Crippen LogP contribution >= 0.6 is 0 Å². The van der Waals surface area contributed by atoms with Crippen LogP contribution in [0.3, 0.4) is 0 Å². The van der Waals surface area contributed by atoms with Gasteiger partial charge in [0.2, 0.25) is 0 Å². The Kier molecular flexibility index (Phi) is 17.9. The molecule has 7 aliphatic rings. The minimum Gasteiger partial charge on any atom is -0.459 e. The highest BCUT2D eigenvalue weighted by Gasteiger charge is 2.59. The third kappa shape index (κ3) is 15.3. The van der Waals surface area contributed by atoms with Gasteiger partial charge in [-0.25, -0.2) is 19.2 Å². The Bertz CT molecular complexity index is 1380. The van der Waals surface area contributed by atoms with Crippen LogP contribution in [0.4, 0.5) is 0 Å². The molecule has 55 heavy (non-hydrogen) atoms. The maximum atomic E-state index is 11.7. The van der Waals surface area contributed by atoms with Crippen LogP contribution in [0.15, 0.2) is 48.6 Å².